The molecule has 2 aromatic carbocycles. The predicted octanol–water partition coefficient (Wildman–Crippen LogP) is 4.52. The Morgan fingerprint density at radius 2 is 1.77 bits per heavy atom. The number of hydrogen-bond acceptors (Lipinski definition) is 4. The van der Waals surface area contributed by atoms with Crippen LogP contribution in [-0.4, -0.2) is 29.5 Å². The first-order valence-corrected chi connectivity index (χ1v) is 10.7. The van der Waals surface area contributed by atoms with Gasteiger partial charge in [0, 0.05) is 35.0 Å². The maximum Gasteiger partial charge on any atom is 0.240 e. The van der Waals surface area contributed by atoms with E-state index in [9.17, 15) is 9.59 Å². The lowest BCUT2D eigenvalue weighted by Crippen LogP contribution is -2.30. The number of benzene rings is 2. The van der Waals surface area contributed by atoms with Gasteiger partial charge in [-0.15, -0.1) is 0 Å². The molecule has 0 bridgehead atoms. The summed E-state index contributed by atoms with van der Waals surface area (Å²) < 4.78 is 13.3. The van der Waals surface area contributed by atoms with Crippen molar-refractivity contribution < 1.29 is 19.1 Å². The van der Waals surface area contributed by atoms with Gasteiger partial charge in [-0.05, 0) is 30.7 Å². The molecule has 6 heteroatoms. The van der Waals surface area contributed by atoms with Crippen LogP contribution in [0.3, 0.4) is 0 Å². The number of nitrogens with one attached hydrogen (secondary N) is 1. The van der Waals surface area contributed by atoms with E-state index in [-0.39, 0.29) is 30.2 Å². The number of para-hydroxylation sites is 1. The van der Waals surface area contributed by atoms with Crippen molar-refractivity contribution in [2.75, 3.05) is 13.2 Å². The van der Waals surface area contributed by atoms with Crippen molar-refractivity contribution in [3.63, 3.8) is 0 Å². The Morgan fingerprint density at radius 1 is 1.03 bits per heavy atom. The Kier molecular flexibility index (Phi) is 5.98. The van der Waals surface area contributed by atoms with Gasteiger partial charge in [0.2, 0.25) is 5.91 Å². The van der Waals surface area contributed by atoms with Crippen LogP contribution in [0.15, 0.2) is 48.7 Å². The lowest BCUT2D eigenvalue weighted by atomic mass is 10.0. The number of ketones is 1. The summed E-state index contributed by atoms with van der Waals surface area (Å²) in [5, 5.41) is 3.93. The SMILES string of the molecule is CC(C)C(=O)c1cn(CC(=O)N[C@@H](C)c2ccc3c(c2)OCCCO3)c2ccccc12. The van der Waals surface area contributed by atoms with Crippen LogP contribution in [0.2, 0.25) is 0 Å². The number of aromatic nitrogens is 1. The van der Waals surface area contributed by atoms with E-state index < -0.39 is 0 Å². The summed E-state index contributed by atoms with van der Waals surface area (Å²) in [5.41, 5.74) is 2.49. The van der Waals surface area contributed by atoms with Crippen molar-refractivity contribution in [2.24, 2.45) is 5.92 Å². The Balaban J connectivity index is 1.51. The van der Waals surface area contributed by atoms with E-state index in [1.807, 2.05) is 67.8 Å². The Morgan fingerprint density at radius 3 is 2.55 bits per heavy atom. The highest BCUT2D eigenvalue weighted by Crippen LogP contribution is 2.32. The molecule has 1 N–H and O–H groups in total. The van der Waals surface area contributed by atoms with Gasteiger partial charge in [-0.3, -0.25) is 9.59 Å². The van der Waals surface area contributed by atoms with Crippen LogP contribution in [-0.2, 0) is 11.3 Å². The molecule has 3 aromatic rings. The van der Waals surface area contributed by atoms with E-state index >= 15 is 0 Å². The van der Waals surface area contributed by atoms with Gasteiger partial charge in [0.05, 0.1) is 19.3 Å². The molecule has 0 radical (unpaired) electrons. The molecule has 2 heterocycles. The molecule has 0 aliphatic carbocycles. The number of Topliss-reactive ketones (excluding diaryl/α,β-unsaturated/α-hetero) is 1. The highest BCUT2D eigenvalue weighted by molar-refractivity contribution is 6.09. The van der Waals surface area contributed by atoms with E-state index in [4.69, 9.17) is 9.47 Å². The molecule has 162 valence electrons. The fourth-order valence-corrected chi connectivity index (χ4v) is 3.86. The lowest BCUT2D eigenvalue weighted by Gasteiger charge is -2.17. The summed E-state index contributed by atoms with van der Waals surface area (Å²) in [4.78, 5) is 25.5. The molecule has 1 aliphatic rings. The third-order valence-electron chi connectivity index (χ3n) is 5.54. The summed E-state index contributed by atoms with van der Waals surface area (Å²) in [6.07, 6.45) is 2.65. The average molecular weight is 421 g/mol. The molecule has 1 aromatic heterocycles. The van der Waals surface area contributed by atoms with E-state index in [2.05, 4.69) is 5.32 Å². The zero-order valence-electron chi connectivity index (χ0n) is 18.2. The summed E-state index contributed by atoms with van der Waals surface area (Å²) in [7, 11) is 0. The van der Waals surface area contributed by atoms with Gasteiger partial charge < -0.3 is 19.4 Å². The van der Waals surface area contributed by atoms with Crippen LogP contribution < -0.4 is 14.8 Å². The number of carbonyl (C=O) groups excluding carboxylic acids is 2. The molecule has 4 rings (SSSR count). The number of carbonyl (C=O) groups is 2. The zero-order valence-corrected chi connectivity index (χ0v) is 18.2. The summed E-state index contributed by atoms with van der Waals surface area (Å²) in [6.45, 7) is 7.12. The molecule has 31 heavy (non-hydrogen) atoms. The molecule has 0 saturated heterocycles. The second-order valence-corrected chi connectivity index (χ2v) is 8.25. The third kappa shape index (κ3) is 4.43. The molecule has 0 spiro atoms. The molecular weight excluding hydrogens is 392 g/mol. The second kappa shape index (κ2) is 8.84. The fraction of sp³-hybridized carbons (Fsp3) is 0.360. The average Bonchev–Trinajstić information content (AvgIpc) is 2.94. The molecule has 1 aliphatic heterocycles. The molecule has 1 amide bonds. The summed E-state index contributed by atoms with van der Waals surface area (Å²) in [6, 6.07) is 13.3. The zero-order chi connectivity index (χ0) is 22.0. The number of amides is 1. The van der Waals surface area contributed by atoms with E-state index in [0.717, 1.165) is 28.6 Å². The molecular formula is C25H28N2O4. The van der Waals surface area contributed by atoms with Gasteiger partial charge in [-0.2, -0.15) is 0 Å². The van der Waals surface area contributed by atoms with E-state index in [1.54, 1.807) is 6.20 Å². The van der Waals surface area contributed by atoms with Gasteiger partial charge in [0.1, 0.15) is 6.54 Å². The first kappa shape index (κ1) is 21.0. The van der Waals surface area contributed by atoms with Crippen molar-refractivity contribution in [1.82, 2.24) is 9.88 Å². The van der Waals surface area contributed by atoms with Gasteiger partial charge in [0.25, 0.3) is 0 Å². The van der Waals surface area contributed by atoms with Crippen LogP contribution in [0.5, 0.6) is 11.5 Å². The van der Waals surface area contributed by atoms with E-state index in [1.165, 1.54) is 0 Å². The van der Waals surface area contributed by atoms with Crippen LogP contribution in [0.1, 0.15) is 49.2 Å². The van der Waals surface area contributed by atoms with Gasteiger partial charge >= 0.3 is 0 Å². The number of hydrogen-bond donors (Lipinski definition) is 1. The van der Waals surface area contributed by atoms with Crippen LogP contribution in [0.25, 0.3) is 10.9 Å². The summed E-state index contributed by atoms with van der Waals surface area (Å²) in [5.74, 6) is 1.30. The van der Waals surface area contributed by atoms with Gasteiger partial charge in [-0.25, -0.2) is 0 Å². The van der Waals surface area contributed by atoms with Crippen molar-refractivity contribution in [1.29, 1.82) is 0 Å². The molecule has 0 saturated carbocycles. The van der Waals surface area contributed by atoms with Crippen molar-refractivity contribution in [3.05, 3.63) is 59.8 Å². The maximum absolute atomic E-state index is 12.8. The van der Waals surface area contributed by atoms with Crippen molar-refractivity contribution >= 4 is 22.6 Å². The number of fused-ring (bicyclic) bond motifs is 2. The Labute approximate surface area is 182 Å². The highest BCUT2D eigenvalue weighted by Gasteiger charge is 2.20. The molecule has 0 unspecified atom stereocenters. The summed E-state index contributed by atoms with van der Waals surface area (Å²) >= 11 is 0. The topological polar surface area (TPSA) is 69.6 Å². The van der Waals surface area contributed by atoms with Crippen molar-refractivity contribution in [3.8, 4) is 11.5 Å². The van der Waals surface area contributed by atoms with Crippen LogP contribution in [0, 0.1) is 5.92 Å². The quantitative estimate of drug-likeness (QED) is 0.596. The largest absolute Gasteiger partial charge is 0.490 e. The standard InChI is InChI=1S/C25H28N2O4/c1-16(2)25(29)20-14-27(21-8-5-4-7-19(20)21)15-24(28)26-17(3)18-9-10-22-23(13-18)31-12-6-11-30-22/h4-5,7-10,13-14,16-17H,6,11-12,15H2,1-3H3,(H,26,28)/t17-/m0/s1. The Hall–Kier alpha value is -3.28. The monoisotopic (exact) mass is 420 g/mol. The maximum atomic E-state index is 12.8. The number of rotatable bonds is 6. The number of ether oxygens (including phenoxy) is 2. The van der Waals surface area contributed by atoms with Crippen molar-refractivity contribution in [2.45, 2.75) is 39.8 Å². The minimum atomic E-state index is -0.191. The van der Waals surface area contributed by atoms with Crippen LogP contribution in [0.4, 0.5) is 0 Å². The highest BCUT2D eigenvalue weighted by atomic mass is 16.5. The van der Waals surface area contributed by atoms with Gasteiger partial charge in [0.15, 0.2) is 17.3 Å². The normalized spacial score (nSPS) is 14.3. The molecule has 6 nitrogen and oxygen atoms in total. The predicted molar refractivity (Wildman–Crippen MR) is 120 cm³/mol. The van der Waals surface area contributed by atoms with Crippen LogP contribution >= 0.6 is 0 Å². The fourth-order valence-electron chi connectivity index (χ4n) is 3.86. The minimum Gasteiger partial charge on any atom is -0.490 e. The van der Waals surface area contributed by atoms with Gasteiger partial charge in [-0.1, -0.05) is 38.1 Å². The third-order valence-corrected chi connectivity index (χ3v) is 5.54. The van der Waals surface area contributed by atoms with E-state index in [0.29, 0.717) is 24.5 Å². The Bertz CT molecular complexity index is 1120. The smallest absolute Gasteiger partial charge is 0.240 e. The molecule has 1 atom stereocenters. The first-order chi connectivity index (χ1) is 14.9. The first-order valence-electron chi connectivity index (χ1n) is 10.7. The lowest BCUT2D eigenvalue weighted by molar-refractivity contribution is -0.122. The number of nitrogens with zero attached hydrogens (tertiary/aromatic N) is 1. The minimum absolute atomic E-state index is 0.0796. The second-order valence-electron chi connectivity index (χ2n) is 8.25. The molecule has 0 fully saturated rings.